The van der Waals surface area contributed by atoms with Crippen molar-refractivity contribution >= 4 is 12.1 Å². The minimum absolute atomic E-state index is 0.226. The summed E-state index contributed by atoms with van der Waals surface area (Å²) in [5.74, 6) is -0.158. The molecule has 0 atom stereocenters. The van der Waals surface area contributed by atoms with Crippen molar-refractivity contribution in [3.63, 3.8) is 0 Å². The molecule has 64 valence electrons. The highest BCUT2D eigenvalue weighted by atomic mass is 16.3. The summed E-state index contributed by atoms with van der Waals surface area (Å²) in [5.41, 5.74) is 7.35. The van der Waals surface area contributed by atoms with Gasteiger partial charge < -0.3 is 10.2 Å². The smallest absolute Gasteiger partial charge is 0.307 e. The minimum Gasteiger partial charge on any atom is -0.459 e. The number of furan rings is 1. The second-order valence-electron chi connectivity index (χ2n) is 1.97. The lowest BCUT2D eigenvalue weighted by Gasteiger charge is -1.92. The van der Waals surface area contributed by atoms with Gasteiger partial charge in [-0.05, 0) is 12.1 Å². The monoisotopic (exact) mass is 167 g/mol. The molecule has 0 bridgehead atoms. The maximum Gasteiger partial charge on any atom is 0.307 e. The molecule has 3 N–H and O–H groups in total. The number of amides is 1. The van der Waals surface area contributed by atoms with E-state index in [1.54, 1.807) is 12.1 Å². The number of hydrazone groups is 1. The summed E-state index contributed by atoms with van der Waals surface area (Å²) in [5, 5.41) is 3.54. The van der Waals surface area contributed by atoms with Gasteiger partial charge in [0.15, 0.2) is 5.76 Å². The molecule has 0 aliphatic heterocycles. The molecule has 0 saturated heterocycles. The number of nitrogens with zero attached hydrogens (tertiary/aromatic N) is 1. The Balaban J connectivity index is 2.45. The molecule has 0 fully saturated rings. The maximum atomic E-state index is 11.0. The fourth-order valence-electron chi connectivity index (χ4n) is 0.620. The van der Waals surface area contributed by atoms with E-state index in [9.17, 15) is 4.79 Å². The molecule has 0 aromatic carbocycles. The van der Waals surface area contributed by atoms with E-state index in [0.29, 0.717) is 6.54 Å². The average Bonchev–Trinajstić information content (AvgIpc) is 2.56. The van der Waals surface area contributed by atoms with Crippen molar-refractivity contribution in [3.8, 4) is 0 Å². The standard InChI is InChI=1S/C7H9N3O2/c8-3-4-9-10-7(11)6-2-1-5-12-6/h1-2,4-5H,3,8H2,(H,10,11)/b9-4+. The lowest BCUT2D eigenvalue weighted by molar-refractivity contribution is 0.0927. The van der Waals surface area contributed by atoms with Crippen molar-refractivity contribution < 1.29 is 9.21 Å². The summed E-state index contributed by atoms with van der Waals surface area (Å²) in [7, 11) is 0. The van der Waals surface area contributed by atoms with Crippen molar-refractivity contribution in [1.82, 2.24) is 5.43 Å². The van der Waals surface area contributed by atoms with Gasteiger partial charge in [0.25, 0.3) is 0 Å². The Morgan fingerprint density at radius 1 is 1.83 bits per heavy atom. The third-order valence-corrected chi connectivity index (χ3v) is 1.11. The van der Waals surface area contributed by atoms with Crippen LogP contribution < -0.4 is 11.2 Å². The van der Waals surface area contributed by atoms with E-state index >= 15 is 0 Å². The van der Waals surface area contributed by atoms with E-state index in [1.165, 1.54) is 12.5 Å². The molecule has 1 rings (SSSR count). The Bertz CT molecular complexity index is 266. The van der Waals surface area contributed by atoms with Crippen LogP contribution in [0.4, 0.5) is 0 Å². The molecule has 0 aliphatic rings. The predicted molar refractivity (Wildman–Crippen MR) is 43.7 cm³/mol. The molecule has 1 heterocycles. The summed E-state index contributed by atoms with van der Waals surface area (Å²) >= 11 is 0. The topological polar surface area (TPSA) is 80.6 Å². The highest BCUT2D eigenvalue weighted by molar-refractivity contribution is 5.91. The SMILES string of the molecule is NC/C=N/NC(=O)c1ccco1. The van der Waals surface area contributed by atoms with Crippen LogP contribution in [0.3, 0.4) is 0 Å². The van der Waals surface area contributed by atoms with Gasteiger partial charge in [0.1, 0.15) is 0 Å². The van der Waals surface area contributed by atoms with E-state index in [4.69, 9.17) is 10.2 Å². The van der Waals surface area contributed by atoms with E-state index in [0.717, 1.165) is 0 Å². The Labute approximate surface area is 69.2 Å². The number of rotatable bonds is 3. The summed E-state index contributed by atoms with van der Waals surface area (Å²) < 4.78 is 4.81. The first-order valence-electron chi connectivity index (χ1n) is 3.40. The second kappa shape index (κ2) is 4.30. The molecule has 0 radical (unpaired) electrons. The quantitative estimate of drug-likeness (QED) is 0.489. The van der Waals surface area contributed by atoms with Gasteiger partial charge in [0.05, 0.1) is 6.26 Å². The van der Waals surface area contributed by atoms with Gasteiger partial charge in [-0.25, -0.2) is 5.43 Å². The number of nitrogens with one attached hydrogen (secondary N) is 1. The second-order valence-corrected chi connectivity index (χ2v) is 1.97. The van der Waals surface area contributed by atoms with Crippen LogP contribution in [0.25, 0.3) is 0 Å². The Morgan fingerprint density at radius 2 is 2.67 bits per heavy atom. The Morgan fingerprint density at radius 3 is 3.25 bits per heavy atom. The molecule has 5 heteroatoms. The van der Waals surface area contributed by atoms with Crippen LogP contribution in [0.2, 0.25) is 0 Å². The molecule has 1 aromatic heterocycles. The van der Waals surface area contributed by atoms with Crippen LogP contribution >= 0.6 is 0 Å². The lowest BCUT2D eigenvalue weighted by atomic mass is 10.4. The Hall–Kier alpha value is -1.62. The molecule has 1 aromatic rings. The fraction of sp³-hybridized carbons (Fsp3) is 0.143. The van der Waals surface area contributed by atoms with E-state index in [2.05, 4.69) is 10.5 Å². The van der Waals surface area contributed by atoms with Gasteiger partial charge in [-0.1, -0.05) is 0 Å². The first kappa shape index (κ1) is 8.48. The number of hydrogen-bond acceptors (Lipinski definition) is 4. The van der Waals surface area contributed by atoms with Crippen molar-refractivity contribution in [1.29, 1.82) is 0 Å². The van der Waals surface area contributed by atoms with Crippen molar-refractivity contribution in [2.75, 3.05) is 6.54 Å². The highest BCUT2D eigenvalue weighted by Gasteiger charge is 2.05. The third kappa shape index (κ3) is 2.21. The van der Waals surface area contributed by atoms with Crippen LogP contribution in [0.15, 0.2) is 27.9 Å². The van der Waals surface area contributed by atoms with Gasteiger partial charge in [0.2, 0.25) is 0 Å². The number of carbonyl (C=O) groups is 1. The first-order valence-corrected chi connectivity index (χ1v) is 3.40. The van der Waals surface area contributed by atoms with E-state index in [-0.39, 0.29) is 11.7 Å². The number of nitrogens with two attached hydrogens (primary N) is 1. The zero-order chi connectivity index (χ0) is 8.81. The maximum absolute atomic E-state index is 11.0. The molecule has 0 spiro atoms. The molecule has 0 unspecified atom stereocenters. The first-order chi connectivity index (χ1) is 5.84. The van der Waals surface area contributed by atoms with Gasteiger partial charge in [0, 0.05) is 12.8 Å². The minimum atomic E-state index is -0.385. The van der Waals surface area contributed by atoms with E-state index in [1.807, 2.05) is 0 Å². The van der Waals surface area contributed by atoms with Gasteiger partial charge in [-0.2, -0.15) is 5.10 Å². The summed E-state index contributed by atoms with van der Waals surface area (Å²) in [6.45, 7) is 0.290. The molecule has 0 saturated carbocycles. The van der Waals surface area contributed by atoms with Crippen LogP contribution in [0.1, 0.15) is 10.6 Å². The van der Waals surface area contributed by atoms with Gasteiger partial charge in [-0.15, -0.1) is 0 Å². The van der Waals surface area contributed by atoms with Crippen molar-refractivity contribution in [2.24, 2.45) is 10.8 Å². The zero-order valence-electron chi connectivity index (χ0n) is 6.36. The summed E-state index contributed by atoms with van der Waals surface area (Å²) in [6, 6.07) is 3.18. The zero-order valence-corrected chi connectivity index (χ0v) is 6.36. The average molecular weight is 167 g/mol. The third-order valence-electron chi connectivity index (χ3n) is 1.11. The summed E-state index contributed by atoms with van der Waals surface area (Å²) in [4.78, 5) is 11.0. The van der Waals surface area contributed by atoms with Crippen molar-refractivity contribution in [2.45, 2.75) is 0 Å². The van der Waals surface area contributed by atoms with Gasteiger partial charge >= 0.3 is 5.91 Å². The van der Waals surface area contributed by atoms with E-state index < -0.39 is 0 Å². The highest BCUT2D eigenvalue weighted by Crippen LogP contribution is 1.98. The molecule has 0 aliphatic carbocycles. The van der Waals surface area contributed by atoms with Crippen LogP contribution in [0, 0.1) is 0 Å². The summed E-state index contributed by atoms with van der Waals surface area (Å²) in [6.07, 6.45) is 2.81. The number of carbonyl (C=O) groups excluding carboxylic acids is 1. The molecular formula is C7H9N3O2. The van der Waals surface area contributed by atoms with Crippen LogP contribution in [-0.4, -0.2) is 18.7 Å². The normalized spacial score (nSPS) is 10.4. The molecule has 5 nitrogen and oxygen atoms in total. The predicted octanol–water partition coefficient (Wildman–Crippen LogP) is -0.0461. The van der Waals surface area contributed by atoms with Crippen molar-refractivity contribution in [3.05, 3.63) is 24.2 Å². The molecular weight excluding hydrogens is 158 g/mol. The number of hydrogen-bond donors (Lipinski definition) is 2. The van der Waals surface area contributed by atoms with Crippen LogP contribution in [-0.2, 0) is 0 Å². The molecule has 12 heavy (non-hydrogen) atoms. The lowest BCUT2D eigenvalue weighted by Crippen LogP contribution is -2.17. The fourth-order valence-corrected chi connectivity index (χ4v) is 0.620. The van der Waals surface area contributed by atoms with Gasteiger partial charge in [-0.3, -0.25) is 4.79 Å². The van der Waals surface area contributed by atoms with Crippen LogP contribution in [0.5, 0.6) is 0 Å². The molecule has 1 amide bonds. The Kier molecular flexibility index (Phi) is 3.04. The largest absolute Gasteiger partial charge is 0.459 e.